The lowest BCUT2D eigenvalue weighted by molar-refractivity contribution is -0.133. The first-order valence-corrected chi connectivity index (χ1v) is 9.07. The number of nitrogens with zero attached hydrogens (tertiary/aromatic N) is 1. The van der Waals surface area contributed by atoms with Crippen LogP contribution in [-0.2, 0) is 28.5 Å². The van der Waals surface area contributed by atoms with Crippen molar-refractivity contribution in [1.29, 1.82) is 0 Å². The van der Waals surface area contributed by atoms with E-state index in [1.54, 1.807) is 0 Å². The summed E-state index contributed by atoms with van der Waals surface area (Å²) in [6.07, 6.45) is 4.12. The number of carbonyl (C=O) groups is 2. The van der Waals surface area contributed by atoms with Crippen LogP contribution in [0, 0.1) is 0 Å². The van der Waals surface area contributed by atoms with Crippen LogP contribution in [0.1, 0.15) is 32.1 Å². The summed E-state index contributed by atoms with van der Waals surface area (Å²) < 4.78 is 21.3. The minimum absolute atomic E-state index is 0.187. The smallest absolute Gasteiger partial charge is 0.224 e. The maximum Gasteiger partial charge on any atom is 0.224 e. The van der Waals surface area contributed by atoms with E-state index in [0.29, 0.717) is 59.3 Å². The van der Waals surface area contributed by atoms with E-state index < -0.39 is 0 Å². The maximum absolute atomic E-state index is 11.9. The van der Waals surface area contributed by atoms with Gasteiger partial charge < -0.3 is 29.6 Å². The second-order valence-electron chi connectivity index (χ2n) is 5.86. The minimum atomic E-state index is -0.368. The summed E-state index contributed by atoms with van der Waals surface area (Å²) >= 11 is 0. The number of piperidine rings is 1. The average Bonchev–Trinajstić information content (AvgIpc) is 2.62. The molecule has 1 fully saturated rings. The van der Waals surface area contributed by atoms with Gasteiger partial charge in [-0.1, -0.05) is 0 Å². The van der Waals surface area contributed by atoms with Crippen LogP contribution in [-0.4, -0.2) is 82.7 Å². The number of amides is 2. The number of carbonyl (C=O) groups excluding carboxylic acids is 2. The Hall–Kier alpha value is -1.22. The molecule has 0 saturated carbocycles. The molecule has 146 valence electrons. The molecule has 1 heterocycles. The number of hydrogen-bond acceptors (Lipinski definition) is 6. The standard InChI is InChI=1S/C17H32N2O6/c18-16(20)4-8-22-10-12-24-14-15-25-13-11-23-9-5-17(21)19-6-2-1-3-7-19/h1-15H2,(H2,18,20). The molecule has 0 atom stereocenters. The zero-order valence-corrected chi connectivity index (χ0v) is 15.1. The minimum Gasteiger partial charge on any atom is -0.379 e. The molecule has 0 aliphatic carbocycles. The lowest BCUT2D eigenvalue weighted by atomic mass is 10.1. The molecule has 0 radical (unpaired) electrons. The molecule has 0 unspecified atom stereocenters. The Balaban J connectivity index is 1.75. The third kappa shape index (κ3) is 12.7. The fraction of sp³-hybridized carbons (Fsp3) is 0.882. The van der Waals surface area contributed by atoms with Crippen LogP contribution in [0.2, 0.25) is 0 Å². The molecule has 25 heavy (non-hydrogen) atoms. The second-order valence-corrected chi connectivity index (χ2v) is 5.86. The van der Waals surface area contributed by atoms with E-state index in [1.807, 2.05) is 4.90 Å². The fourth-order valence-corrected chi connectivity index (χ4v) is 2.40. The van der Waals surface area contributed by atoms with Gasteiger partial charge in [-0.05, 0) is 19.3 Å². The normalized spacial score (nSPS) is 14.6. The van der Waals surface area contributed by atoms with E-state index in [0.717, 1.165) is 25.9 Å². The first kappa shape index (κ1) is 21.8. The number of hydrogen-bond donors (Lipinski definition) is 1. The first-order chi connectivity index (χ1) is 12.2. The van der Waals surface area contributed by atoms with Crippen molar-refractivity contribution in [2.24, 2.45) is 5.73 Å². The van der Waals surface area contributed by atoms with Crippen LogP contribution in [0.15, 0.2) is 0 Å². The zero-order valence-electron chi connectivity index (χ0n) is 15.1. The highest BCUT2D eigenvalue weighted by Crippen LogP contribution is 2.09. The van der Waals surface area contributed by atoms with Crippen LogP contribution < -0.4 is 5.73 Å². The first-order valence-electron chi connectivity index (χ1n) is 9.07. The summed E-state index contributed by atoms with van der Waals surface area (Å²) in [6.45, 7) is 5.35. The van der Waals surface area contributed by atoms with Gasteiger partial charge in [0.1, 0.15) is 0 Å². The fourth-order valence-electron chi connectivity index (χ4n) is 2.40. The molecular weight excluding hydrogens is 328 g/mol. The zero-order chi connectivity index (χ0) is 18.2. The van der Waals surface area contributed by atoms with Crippen LogP contribution in [0.5, 0.6) is 0 Å². The van der Waals surface area contributed by atoms with Crippen LogP contribution in [0.3, 0.4) is 0 Å². The topological polar surface area (TPSA) is 100 Å². The Morgan fingerprint density at radius 1 is 0.680 bits per heavy atom. The van der Waals surface area contributed by atoms with Crippen molar-refractivity contribution in [2.45, 2.75) is 32.1 Å². The number of rotatable bonds is 15. The van der Waals surface area contributed by atoms with Crippen molar-refractivity contribution >= 4 is 11.8 Å². The Morgan fingerprint density at radius 2 is 1.12 bits per heavy atom. The average molecular weight is 360 g/mol. The van der Waals surface area contributed by atoms with E-state index in [1.165, 1.54) is 6.42 Å². The van der Waals surface area contributed by atoms with Gasteiger partial charge in [-0.25, -0.2) is 0 Å². The summed E-state index contributed by atoms with van der Waals surface area (Å²) in [4.78, 5) is 24.3. The molecule has 0 spiro atoms. The summed E-state index contributed by atoms with van der Waals surface area (Å²) in [5.41, 5.74) is 4.98. The molecule has 0 aromatic heterocycles. The lowest BCUT2D eigenvalue weighted by Gasteiger charge is -2.26. The van der Waals surface area contributed by atoms with Gasteiger partial charge in [0, 0.05) is 19.5 Å². The summed E-state index contributed by atoms with van der Waals surface area (Å²) in [5.74, 6) is -0.181. The highest BCUT2D eigenvalue weighted by Gasteiger charge is 2.15. The predicted molar refractivity (Wildman–Crippen MR) is 92.1 cm³/mol. The van der Waals surface area contributed by atoms with Gasteiger partial charge in [-0.2, -0.15) is 0 Å². The molecule has 8 nitrogen and oxygen atoms in total. The Labute approximate surface area is 149 Å². The van der Waals surface area contributed by atoms with E-state index in [4.69, 9.17) is 24.7 Å². The Kier molecular flexibility index (Phi) is 13.2. The highest BCUT2D eigenvalue weighted by atomic mass is 16.6. The molecular formula is C17H32N2O6. The molecule has 1 aliphatic rings. The van der Waals surface area contributed by atoms with Crippen LogP contribution >= 0.6 is 0 Å². The summed E-state index contributed by atoms with van der Waals surface area (Å²) in [6, 6.07) is 0. The van der Waals surface area contributed by atoms with Crippen LogP contribution in [0.4, 0.5) is 0 Å². The van der Waals surface area contributed by atoms with Crippen molar-refractivity contribution in [3.63, 3.8) is 0 Å². The molecule has 0 aromatic carbocycles. The molecule has 2 N–H and O–H groups in total. The van der Waals surface area contributed by atoms with E-state index >= 15 is 0 Å². The number of ether oxygens (including phenoxy) is 4. The monoisotopic (exact) mass is 360 g/mol. The number of primary amides is 1. The Bertz CT molecular complexity index is 361. The number of nitrogens with two attached hydrogens (primary N) is 1. The molecule has 0 aromatic rings. The predicted octanol–water partition coefficient (Wildman–Crippen LogP) is 0.331. The van der Waals surface area contributed by atoms with Crippen LogP contribution in [0.25, 0.3) is 0 Å². The van der Waals surface area contributed by atoms with Gasteiger partial charge in [0.25, 0.3) is 0 Å². The second kappa shape index (κ2) is 15.1. The summed E-state index contributed by atoms with van der Waals surface area (Å²) in [5, 5.41) is 0. The molecule has 1 aliphatic heterocycles. The largest absolute Gasteiger partial charge is 0.379 e. The van der Waals surface area contributed by atoms with E-state index in [2.05, 4.69) is 0 Å². The van der Waals surface area contributed by atoms with Gasteiger partial charge >= 0.3 is 0 Å². The van der Waals surface area contributed by atoms with Crippen molar-refractivity contribution in [3.8, 4) is 0 Å². The Morgan fingerprint density at radius 3 is 1.60 bits per heavy atom. The van der Waals surface area contributed by atoms with Crippen molar-refractivity contribution in [3.05, 3.63) is 0 Å². The maximum atomic E-state index is 11.9. The SMILES string of the molecule is NC(=O)CCOCCOCCOCCOCCC(=O)N1CCCCC1. The van der Waals surface area contributed by atoms with Crippen molar-refractivity contribution in [2.75, 3.05) is 65.9 Å². The third-order valence-corrected chi connectivity index (χ3v) is 3.78. The number of likely N-dealkylation sites (tertiary alicyclic amines) is 1. The molecule has 8 heteroatoms. The van der Waals surface area contributed by atoms with Gasteiger partial charge in [-0.3, -0.25) is 9.59 Å². The quantitative estimate of drug-likeness (QED) is 0.423. The molecule has 1 saturated heterocycles. The molecule has 1 rings (SSSR count). The van der Waals surface area contributed by atoms with Gasteiger partial charge in [0.15, 0.2) is 0 Å². The van der Waals surface area contributed by atoms with Gasteiger partial charge in [-0.15, -0.1) is 0 Å². The molecule has 0 bridgehead atoms. The van der Waals surface area contributed by atoms with Gasteiger partial charge in [0.2, 0.25) is 11.8 Å². The van der Waals surface area contributed by atoms with Gasteiger partial charge in [0.05, 0.1) is 59.3 Å². The van der Waals surface area contributed by atoms with Crippen molar-refractivity contribution < 1.29 is 28.5 Å². The van der Waals surface area contributed by atoms with E-state index in [-0.39, 0.29) is 18.2 Å². The third-order valence-electron chi connectivity index (χ3n) is 3.78. The highest BCUT2D eigenvalue weighted by molar-refractivity contribution is 5.76. The molecule has 2 amide bonds. The lowest BCUT2D eigenvalue weighted by Crippen LogP contribution is -2.36. The summed E-state index contributed by atoms with van der Waals surface area (Å²) in [7, 11) is 0. The van der Waals surface area contributed by atoms with E-state index in [9.17, 15) is 9.59 Å². The van der Waals surface area contributed by atoms with Crippen molar-refractivity contribution in [1.82, 2.24) is 4.90 Å².